The normalized spacial score (nSPS) is 15.5. The third-order valence-electron chi connectivity index (χ3n) is 3.22. The zero-order chi connectivity index (χ0) is 12.2. The van der Waals surface area contributed by atoms with Gasteiger partial charge in [0.05, 0.1) is 10.9 Å². The van der Waals surface area contributed by atoms with Crippen LogP contribution in [0.25, 0.3) is 10.9 Å². The second-order valence-corrected chi connectivity index (χ2v) is 4.60. The van der Waals surface area contributed by atoms with Gasteiger partial charge >= 0.3 is 0 Å². The summed E-state index contributed by atoms with van der Waals surface area (Å²) in [7, 11) is 0. The molecule has 0 unspecified atom stereocenters. The maximum atomic E-state index is 13.8. The van der Waals surface area contributed by atoms with E-state index in [-0.39, 0.29) is 16.5 Å². The molecule has 1 fully saturated rings. The van der Waals surface area contributed by atoms with Gasteiger partial charge in [0.1, 0.15) is 11.6 Å². The first-order valence-corrected chi connectivity index (χ1v) is 5.59. The molecule has 0 saturated heterocycles. The van der Waals surface area contributed by atoms with Gasteiger partial charge in [-0.2, -0.15) is 0 Å². The highest BCUT2D eigenvalue weighted by molar-refractivity contribution is 5.80. The van der Waals surface area contributed by atoms with Crippen LogP contribution in [0.2, 0.25) is 0 Å². The summed E-state index contributed by atoms with van der Waals surface area (Å²) in [6, 6.07) is 2.51. The highest BCUT2D eigenvalue weighted by atomic mass is 19.1. The predicted molar refractivity (Wildman–Crippen MR) is 61.2 cm³/mol. The lowest BCUT2D eigenvalue weighted by Crippen LogP contribution is -2.09. The predicted octanol–water partition coefficient (Wildman–Crippen LogP) is 2.99. The molecule has 2 aromatic rings. The molecule has 1 heterocycles. The molecule has 0 spiro atoms. The number of hydrogen-bond acceptors (Lipinski definition) is 1. The van der Waals surface area contributed by atoms with Gasteiger partial charge in [0.15, 0.2) is 5.43 Å². The Labute approximate surface area is 96.3 Å². The standard InChI is InChI=1S/C13H11F2NO/c1-6-4-8(14)13-11(12(6)15)10(17)5-9(16-13)7-2-3-7/h4-5,7H,2-3H2,1H3,(H,16,17). The first-order valence-electron chi connectivity index (χ1n) is 5.59. The van der Waals surface area contributed by atoms with Crippen LogP contribution in [0.15, 0.2) is 16.9 Å². The van der Waals surface area contributed by atoms with Gasteiger partial charge in [0.25, 0.3) is 0 Å². The van der Waals surface area contributed by atoms with Crippen LogP contribution in [-0.2, 0) is 0 Å². The maximum absolute atomic E-state index is 13.8. The molecule has 1 aromatic heterocycles. The largest absolute Gasteiger partial charge is 0.355 e. The fourth-order valence-corrected chi connectivity index (χ4v) is 2.11. The first-order chi connectivity index (χ1) is 8.08. The number of pyridine rings is 1. The van der Waals surface area contributed by atoms with Crippen LogP contribution >= 0.6 is 0 Å². The molecule has 0 aliphatic heterocycles. The van der Waals surface area contributed by atoms with Crippen molar-refractivity contribution in [2.45, 2.75) is 25.7 Å². The number of H-pyrrole nitrogens is 1. The molecule has 3 rings (SSSR count). The molecule has 1 aliphatic rings. The summed E-state index contributed by atoms with van der Waals surface area (Å²) in [5, 5.41) is -0.174. The summed E-state index contributed by atoms with van der Waals surface area (Å²) in [6.45, 7) is 1.45. The Morgan fingerprint density at radius 2 is 2.00 bits per heavy atom. The highest BCUT2D eigenvalue weighted by Crippen LogP contribution is 2.39. The van der Waals surface area contributed by atoms with Crippen LogP contribution in [0.5, 0.6) is 0 Å². The lowest BCUT2D eigenvalue weighted by Gasteiger charge is -2.06. The number of rotatable bonds is 1. The molecular formula is C13H11F2NO. The molecule has 1 aromatic carbocycles. The van der Waals surface area contributed by atoms with Crippen molar-refractivity contribution in [2.75, 3.05) is 0 Å². The van der Waals surface area contributed by atoms with Gasteiger partial charge in [0.2, 0.25) is 0 Å². The number of hydrogen-bond donors (Lipinski definition) is 1. The van der Waals surface area contributed by atoms with E-state index in [1.807, 2.05) is 0 Å². The van der Waals surface area contributed by atoms with E-state index < -0.39 is 17.1 Å². The van der Waals surface area contributed by atoms with Gasteiger partial charge in [0, 0.05) is 11.8 Å². The zero-order valence-corrected chi connectivity index (χ0v) is 9.31. The van der Waals surface area contributed by atoms with Gasteiger partial charge < -0.3 is 4.98 Å². The lowest BCUT2D eigenvalue weighted by atomic mass is 10.1. The Hall–Kier alpha value is -1.71. The number of aromatic nitrogens is 1. The van der Waals surface area contributed by atoms with Crippen molar-refractivity contribution in [3.05, 3.63) is 45.2 Å². The van der Waals surface area contributed by atoms with E-state index in [1.165, 1.54) is 13.0 Å². The Morgan fingerprint density at radius 1 is 1.29 bits per heavy atom. The number of aryl methyl sites for hydroxylation is 1. The van der Waals surface area contributed by atoms with Crippen LogP contribution in [0.3, 0.4) is 0 Å². The quantitative estimate of drug-likeness (QED) is 0.809. The van der Waals surface area contributed by atoms with E-state index in [0.29, 0.717) is 11.6 Å². The summed E-state index contributed by atoms with van der Waals surface area (Å²) in [5.74, 6) is -0.903. The topological polar surface area (TPSA) is 32.9 Å². The fraction of sp³-hybridized carbons (Fsp3) is 0.308. The van der Waals surface area contributed by atoms with E-state index in [1.54, 1.807) is 0 Å². The minimum absolute atomic E-state index is 0.0116. The van der Waals surface area contributed by atoms with E-state index in [0.717, 1.165) is 18.9 Å². The van der Waals surface area contributed by atoms with Crippen molar-refractivity contribution in [1.82, 2.24) is 4.98 Å². The van der Waals surface area contributed by atoms with Gasteiger partial charge in [-0.3, -0.25) is 4.79 Å². The third-order valence-corrected chi connectivity index (χ3v) is 3.22. The minimum Gasteiger partial charge on any atom is -0.355 e. The summed E-state index contributed by atoms with van der Waals surface area (Å²) >= 11 is 0. The molecule has 2 nitrogen and oxygen atoms in total. The summed E-state index contributed by atoms with van der Waals surface area (Å²) < 4.78 is 27.5. The second kappa shape index (κ2) is 3.39. The average molecular weight is 235 g/mol. The molecule has 1 aliphatic carbocycles. The van der Waals surface area contributed by atoms with Crippen molar-refractivity contribution in [3.63, 3.8) is 0 Å². The number of aromatic amines is 1. The van der Waals surface area contributed by atoms with Crippen molar-refractivity contribution < 1.29 is 8.78 Å². The fourth-order valence-electron chi connectivity index (χ4n) is 2.11. The molecule has 0 radical (unpaired) electrons. The van der Waals surface area contributed by atoms with E-state index in [9.17, 15) is 13.6 Å². The summed E-state index contributed by atoms with van der Waals surface area (Å²) in [5.41, 5.74) is 0.410. The van der Waals surface area contributed by atoms with Gasteiger partial charge in [-0.05, 0) is 37.3 Å². The van der Waals surface area contributed by atoms with Gasteiger partial charge in [-0.25, -0.2) is 8.78 Å². The molecule has 1 N–H and O–H groups in total. The number of halogens is 2. The second-order valence-electron chi connectivity index (χ2n) is 4.60. The van der Waals surface area contributed by atoms with E-state index in [2.05, 4.69) is 4.98 Å². The highest BCUT2D eigenvalue weighted by Gasteiger charge is 2.26. The monoisotopic (exact) mass is 235 g/mol. The Morgan fingerprint density at radius 3 is 2.65 bits per heavy atom. The SMILES string of the molecule is Cc1cc(F)c2[nH]c(C3CC3)cc(=O)c2c1F. The molecule has 0 amide bonds. The van der Waals surface area contributed by atoms with Crippen LogP contribution in [0, 0.1) is 18.6 Å². The van der Waals surface area contributed by atoms with Gasteiger partial charge in [-0.15, -0.1) is 0 Å². The maximum Gasteiger partial charge on any atom is 0.192 e. The Balaban J connectivity index is 2.42. The van der Waals surface area contributed by atoms with Crippen molar-refractivity contribution >= 4 is 10.9 Å². The number of benzene rings is 1. The lowest BCUT2D eigenvalue weighted by molar-refractivity contribution is 0.606. The van der Waals surface area contributed by atoms with E-state index >= 15 is 0 Å². The van der Waals surface area contributed by atoms with Crippen LogP contribution < -0.4 is 5.43 Å². The number of fused-ring (bicyclic) bond motifs is 1. The molecule has 0 bridgehead atoms. The average Bonchev–Trinajstić information content (AvgIpc) is 3.09. The third kappa shape index (κ3) is 1.55. The zero-order valence-electron chi connectivity index (χ0n) is 9.31. The van der Waals surface area contributed by atoms with Crippen LogP contribution in [0.1, 0.15) is 30.0 Å². The molecular weight excluding hydrogens is 224 g/mol. The molecule has 4 heteroatoms. The van der Waals surface area contributed by atoms with Crippen LogP contribution in [-0.4, -0.2) is 4.98 Å². The summed E-state index contributed by atoms with van der Waals surface area (Å²) in [6.07, 6.45) is 1.99. The van der Waals surface area contributed by atoms with E-state index in [4.69, 9.17) is 0 Å². The Kier molecular flexibility index (Phi) is 2.08. The van der Waals surface area contributed by atoms with Crippen molar-refractivity contribution in [2.24, 2.45) is 0 Å². The molecule has 0 atom stereocenters. The minimum atomic E-state index is -0.634. The van der Waals surface area contributed by atoms with Gasteiger partial charge in [-0.1, -0.05) is 0 Å². The Bertz CT molecular complexity index is 671. The number of nitrogens with one attached hydrogen (secondary N) is 1. The molecule has 1 saturated carbocycles. The van der Waals surface area contributed by atoms with Crippen LogP contribution in [0.4, 0.5) is 8.78 Å². The first kappa shape index (κ1) is 10.4. The van der Waals surface area contributed by atoms with Crippen molar-refractivity contribution in [1.29, 1.82) is 0 Å². The smallest absolute Gasteiger partial charge is 0.192 e. The summed E-state index contributed by atoms with van der Waals surface area (Å²) in [4.78, 5) is 14.7. The molecule has 88 valence electrons. The van der Waals surface area contributed by atoms with Crippen molar-refractivity contribution in [3.8, 4) is 0 Å². The molecule has 17 heavy (non-hydrogen) atoms.